The van der Waals surface area contributed by atoms with Crippen LogP contribution < -0.4 is 16.0 Å². The van der Waals surface area contributed by atoms with Gasteiger partial charge in [-0.3, -0.25) is 19.2 Å². The molecule has 0 bridgehead atoms. The van der Waals surface area contributed by atoms with Crippen molar-refractivity contribution in [2.75, 3.05) is 99.1 Å². The number of carbonyl (C=O) groups is 4. The molecule has 3 aliphatic heterocycles. The summed E-state index contributed by atoms with van der Waals surface area (Å²) in [5.74, 6) is -4.75. The van der Waals surface area contributed by atoms with E-state index in [1.807, 2.05) is 13.8 Å². The highest BCUT2D eigenvalue weighted by Crippen LogP contribution is 2.33. The van der Waals surface area contributed by atoms with Gasteiger partial charge in [-0.25, -0.2) is 0 Å². The van der Waals surface area contributed by atoms with Crippen molar-refractivity contribution in [1.29, 1.82) is 0 Å². The number of ether oxygens (including phenoxy) is 10. The molecule has 0 aliphatic carbocycles. The summed E-state index contributed by atoms with van der Waals surface area (Å²) in [7, 11) is 0. The molecule has 3 aliphatic rings. The number of carbonyl (C=O) groups excluding carboxylic acids is 4. The quantitative estimate of drug-likeness (QED) is 0.0270. The summed E-state index contributed by atoms with van der Waals surface area (Å²) in [4.78, 5) is 50.3. The van der Waals surface area contributed by atoms with Crippen molar-refractivity contribution < 1.29 is 102 Å². The van der Waals surface area contributed by atoms with Crippen LogP contribution in [-0.4, -0.2) is 244 Å². The number of amides is 3. The number of nitrogens with one attached hydrogen (secondary N) is 3. The van der Waals surface area contributed by atoms with Crippen LogP contribution >= 0.6 is 0 Å². The van der Waals surface area contributed by atoms with Gasteiger partial charge in [0.15, 0.2) is 6.29 Å². The molecule has 15 atom stereocenters. The lowest BCUT2D eigenvalue weighted by Gasteiger charge is -2.47. The van der Waals surface area contributed by atoms with Gasteiger partial charge in [0.25, 0.3) is 5.91 Å². The molecule has 0 radical (unpaired) electrons. The first-order valence-corrected chi connectivity index (χ1v) is 24.5. The van der Waals surface area contributed by atoms with Gasteiger partial charge in [0.2, 0.25) is 11.8 Å². The molecule has 24 heteroatoms. The van der Waals surface area contributed by atoms with Crippen molar-refractivity contribution in [2.45, 2.75) is 127 Å². The molecule has 24 nitrogen and oxygen atoms in total. The molecule has 0 aromatic heterocycles. The van der Waals surface area contributed by atoms with Gasteiger partial charge < -0.3 is 99.1 Å². The zero-order valence-corrected chi connectivity index (χ0v) is 42.1. The Morgan fingerprint density at radius 3 is 1.32 bits per heavy atom. The van der Waals surface area contributed by atoms with Gasteiger partial charge in [0.1, 0.15) is 24.1 Å². The Morgan fingerprint density at radius 2 is 0.931 bits per heavy atom. The molecular weight excluding hydrogens is 955 g/mol. The number of aliphatic hydroxyl groups is 6. The zero-order valence-electron chi connectivity index (χ0n) is 42.1. The van der Waals surface area contributed by atoms with Gasteiger partial charge in [-0.1, -0.05) is 6.07 Å². The predicted octanol–water partition coefficient (Wildman–Crippen LogP) is -2.54. The second kappa shape index (κ2) is 31.4. The molecule has 1 aromatic carbocycles. The van der Waals surface area contributed by atoms with Gasteiger partial charge in [0, 0.05) is 31.6 Å². The standard InChI is InChI=1S/C48H79N3O21/c1-26(2)68-19-34-37(22-65-15-12-54)71-39(42(47(34)61)50-29(6)57)24-66-17-32-35(20-63-13-10-52)70-38(41(45(32)59)49-28(5)56)23-67-18-33-36(21-64-14-11-53)72-40(25-69-27(3)4)43(46(33)60)51-48(62)31-9-7-8-30(16-55)44(31)58/h7-9,16,26-27,32-43,45-47,52-54,58-61H,10-15,17-25H2,1-6H3,(H,49,56)(H,50,57)(H,51,62). The second-order valence-electron chi connectivity index (χ2n) is 18.7. The van der Waals surface area contributed by atoms with E-state index in [1.165, 1.54) is 32.0 Å². The summed E-state index contributed by atoms with van der Waals surface area (Å²) in [6.45, 7) is 7.65. The Bertz CT molecular complexity index is 1780. The molecule has 4 rings (SSSR count). The van der Waals surface area contributed by atoms with Gasteiger partial charge in [0.05, 0.1) is 177 Å². The SMILES string of the molecule is CC(=O)NC1C(COCC2C(COCCO)OC(COC(C)C)C(NC(=O)c3cccc(C=O)c3O)C2O)OC(COCCO)C(COCC2OC(COCCO)C(COC(C)C)C(O)C2NC(C)=O)C1O. The normalized spacial score (nSPS) is 30.8. The van der Waals surface area contributed by atoms with Crippen molar-refractivity contribution >= 4 is 24.0 Å². The van der Waals surface area contributed by atoms with E-state index in [1.54, 1.807) is 13.8 Å². The maximum atomic E-state index is 13.6. The highest BCUT2D eigenvalue weighted by molar-refractivity contribution is 5.99. The van der Waals surface area contributed by atoms with Crippen LogP contribution in [0.25, 0.3) is 0 Å². The molecular formula is C48H79N3O21. The summed E-state index contributed by atoms with van der Waals surface area (Å²) >= 11 is 0. The van der Waals surface area contributed by atoms with Gasteiger partial charge in [-0.15, -0.1) is 0 Å². The number of para-hydroxylation sites is 1. The molecule has 3 amide bonds. The van der Waals surface area contributed by atoms with Crippen molar-refractivity contribution in [3.8, 4) is 5.75 Å². The third-order valence-electron chi connectivity index (χ3n) is 12.5. The van der Waals surface area contributed by atoms with Crippen LogP contribution in [0.5, 0.6) is 5.75 Å². The van der Waals surface area contributed by atoms with Crippen LogP contribution in [0.1, 0.15) is 62.3 Å². The fourth-order valence-electron chi connectivity index (χ4n) is 8.98. The maximum absolute atomic E-state index is 13.6. The first kappa shape index (κ1) is 61.0. The Labute approximate surface area is 420 Å². The minimum Gasteiger partial charge on any atom is -0.506 e. The Hall–Kier alpha value is -3.54. The molecule has 0 spiro atoms. The van der Waals surface area contributed by atoms with E-state index >= 15 is 0 Å². The Balaban J connectivity index is 1.55. The van der Waals surface area contributed by atoms with Crippen molar-refractivity contribution in [3.63, 3.8) is 0 Å². The topological polar surface area (TPSA) is 338 Å². The van der Waals surface area contributed by atoms with Crippen molar-refractivity contribution in [3.05, 3.63) is 29.3 Å². The third kappa shape index (κ3) is 18.1. The fraction of sp³-hybridized carbons (Fsp3) is 0.792. The lowest BCUT2D eigenvalue weighted by atomic mass is 9.84. The molecule has 72 heavy (non-hydrogen) atoms. The van der Waals surface area contributed by atoms with Crippen LogP contribution in [0.4, 0.5) is 0 Å². The minimum atomic E-state index is -1.41. The van der Waals surface area contributed by atoms with E-state index in [2.05, 4.69) is 16.0 Å². The first-order valence-electron chi connectivity index (χ1n) is 24.5. The van der Waals surface area contributed by atoms with Gasteiger partial charge in [-0.05, 0) is 39.8 Å². The van der Waals surface area contributed by atoms with E-state index in [0.717, 1.165) is 0 Å². The van der Waals surface area contributed by atoms with E-state index in [4.69, 9.17) is 47.4 Å². The van der Waals surface area contributed by atoms with Crippen LogP contribution in [0, 0.1) is 17.8 Å². The monoisotopic (exact) mass is 1030 g/mol. The summed E-state index contributed by atoms with van der Waals surface area (Å²) in [6.07, 6.45) is -9.45. The maximum Gasteiger partial charge on any atom is 0.255 e. The Morgan fingerprint density at radius 1 is 0.556 bits per heavy atom. The highest BCUT2D eigenvalue weighted by Gasteiger charge is 2.50. The summed E-state index contributed by atoms with van der Waals surface area (Å²) < 4.78 is 60.4. The van der Waals surface area contributed by atoms with Crippen LogP contribution in [0.3, 0.4) is 0 Å². The van der Waals surface area contributed by atoms with E-state index < -0.39 is 114 Å². The Kier molecular flexibility index (Phi) is 26.6. The number of aliphatic hydroxyl groups excluding tert-OH is 6. The van der Waals surface area contributed by atoms with Gasteiger partial charge >= 0.3 is 0 Å². The lowest BCUT2D eigenvalue weighted by molar-refractivity contribution is -0.221. The van der Waals surface area contributed by atoms with Crippen LogP contribution in [0.2, 0.25) is 0 Å². The smallest absolute Gasteiger partial charge is 0.255 e. The predicted molar refractivity (Wildman–Crippen MR) is 252 cm³/mol. The number of phenols is 1. The van der Waals surface area contributed by atoms with Gasteiger partial charge in [-0.2, -0.15) is 0 Å². The van der Waals surface area contributed by atoms with E-state index in [0.29, 0.717) is 6.29 Å². The molecule has 0 saturated carbocycles. The number of aromatic hydroxyl groups is 1. The molecule has 10 N–H and O–H groups in total. The average molecular weight is 1030 g/mol. The van der Waals surface area contributed by atoms with Crippen molar-refractivity contribution in [1.82, 2.24) is 16.0 Å². The summed E-state index contributed by atoms with van der Waals surface area (Å²) in [5, 5.41) is 83.1. The third-order valence-corrected chi connectivity index (χ3v) is 12.5. The molecule has 3 fully saturated rings. The van der Waals surface area contributed by atoms with E-state index in [9.17, 15) is 54.9 Å². The average Bonchev–Trinajstić information content (AvgIpc) is 3.32. The van der Waals surface area contributed by atoms with Crippen molar-refractivity contribution in [2.24, 2.45) is 17.8 Å². The minimum absolute atomic E-state index is 0.00605. The number of aldehydes is 1. The number of hydrogen-bond donors (Lipinski definition) is 10. The number of rotatable bonds is 31. The molecule has 1 aromatic rings. The first-order chi connectivity index (χ1) is 34.4. The molecule has 412 valence electrons. The summed E-state index contributed by atoms with van der Waals surface area (Å²) in [5.41, 5.74) is -0.340. The lowest BCUT2D eigenvalue weighted by Crippen LogP contribution is -2.65. The largest absolute Gasteiger partial charge is 0.506 e. The second-order valence-corrected chi connectivity index (χ2v) is 18.7. The summed E-state index contributed by atoms with van der Waals surface area (Å²) in [6, 6.07) is 0.867. The van der Waals surface area contributed by atoms with E-state index in [-0.39, 0.29) is 122 Å². The zero-order chi connectivity index (χ0) is 52.9. The van der Waals surface area contributed by atoms with Crippen LogP contribution in [-0.2, 0) is 57.0 Å². The molecule has 15 unspecified atom stereocenters. The van der Waals surface area contributed by atoms with Crippen LogP contribution in [0.15, 0.2) is 18.2 Å². The number of hydrogen-bond acceptors (Lipinski definition) is 21. The highest BCUT2D eigenvalue weighted by atomic mass is 16.6. The number of phenolic OH excluding ortho intramolecular Hbond substituents is 1. The fourth-order valence-corrected chi connectivity index (χ4v) is 8.98. The number of benzene rings is 1. The molecule has 3 saturated heterocycles. The molecule has 3 heterocycles.